The van der Waals surface area contributed by atoms with Gasteiger partial charge in [-0.1, -0.05) is 6.07 Å². The molecule has 2 aliphatic rings. The number of benzene rings is 1. The Kier molecular flexibility index (Phi) is 6.68. The summed E-state index contributed by atoms with van der Waals surface area (Å²) in [7, 11) is 1.30. The van der Waals surface area contributed by atoms with Crippen molar-refractivity contribution in [1.82, 2.24) is 14.7 Å². The van der Waals surface area contributed by atoms with Crippen molar-refractivity contribution in [1.29, 1.82) is 0 Å². The van der Waals surface area contributed by atoms with Gasteiger partial charge in [-0.05, 0) is 37.0 Å². The van der Waals surface area contributed by atoms with Gasteiger partial charge in [-0.25, -0.2) is 4.79 Å². The van der Waals surface area contributed by atoms with Gasteiger partial charge in [0.25, 0.3) is 0 Å². The topological polar surface area (TPSA) is 73.3 Å². The second-order valence-electron chi connectivity index (χ2n) is 7.34. The van der Waals surface area contributed by atoms with E-state index in [1.807, 2.05) is 11.0 Å². The standard InChI is InChI=1S/C20H29N3O4/c1-27-20(26)17-13-16(5-6-18(17)24)14-21-9-11-22(12-10-21)15-19(25)23-7-3-2-4-8-23/h5-6,13,24H,2-4,7-12,14-15H2,1H3. The molecule has 0 aromatic heterocycles. The zero-order valence-electron chi connectivity index (χ0n) is 16.0. The number of rotatable bonds is 5. The van der Waals surface area contributed by atoms with E-state index in [4.69, 9.17) is 4.74 Å². The van der Waals surface area contributed by atoms with Crippen LogP contribution in [0.5, 0.6) is 5.75 Å². The van der Waals surface area contributed by atoms with Crippen molar-refractivity contribution in [3.8, 4) is 5.75 Å². The van der Waals surface area contributed by atoms with Crippen LogP contribution < -0.4 is 0 Å². The van der Waals surface area contributed by atoms with Crippen LogP contribution in [-0.2, 0) is 16.1 Å². The molecular weight excluding hydrogens is 346 g/mol. The molecule has 1 aromatic carbocycles. The summed E-state index contributed by atoms with van der Waals surface area (Å²) >= 11 is 0. The second kappa shape index (κ2) is 9.19. The molecule has 1 N–H and O–H groups in total. The molecule has 7 nitrogen and oxygen atoms in total. The van der Waals surface area contributed by atoms with E-state index in [9.17, 15) is 14.7 Å². The Bertz CT molecular complexity index is 665. The van der Waals surface area contributed by atoms with Crippen molar-refractivity contribution in [2.45, 2.75) is 25.8 Å². The molecule has 0 saturated carbocycles. The summed E-state index contributed by atoms with van der Waals surface area (Å²) in [6.07, 6.45) is 3.48. The molecule has 2 saturated heterocycles. The molecule has 3 rings (SSSR count). The third-order valence-corrected chi connectivity index (χ3v) is 5.41. The Morgan fingerprint density at radius 2 is 1.67 bits per heavy atom. The summed E-state index contributed by atoms with van der Waals surface area (Å²) in [5.74, 6) is -0.341. The first kappa shape index (κ1) is 19.6. The van der Waals surface area contributed by atoms with Crippen molar-refractivity contribution < 1.29 is 19.4 Å². The minimum absolute atomic E-state index is 0.0633. The third-order valence-electron chi connectivity index (χ3n) is 5.41. The summed E-state index contributed by atoms with van der Waals surface area (Å²) in [6.45, 7) is 6.51. The van der Waals surface area contributed by atoms with Gasteiger partial charge < -0.3 is 14.7 Å². The number of piperazine rings is 1. The van der Waals surface area contributed by atoms with Crippen molar-refractivity contribution in [3.63, 3.8) is 0 Å². The number of aromatic hydroxyl groups is 1. The molecule has 2 fully saturated rings. The van der Waals surface area contributed by atoms with E-state index in [2.05, 4.69) is 9.80 Å². The van der Waals surface area contributed by atoms with Gasteiger partial charge in [0.2, 0.25) is 5.91 Å². The van der Waals surface area contributed by atoms with E-state index in [0.717, 1.165) is 57.7 Å². The average Bonchev–Trinajstić information content (AvgIpc) is 2.71. The van der Waals surface area contributed by atoms with Crippen LogP contribution in [0.15, 0.2) is 18.2 Å². The zero-order valence-corrected chi connectivity index (χ0v) is 16.0. The van der Waals surface area contributed by atoms with Crippen LogP contribution in [0, 0.1) is 0 Å². The minimum atomic E-state index is -0.532. The lowest BCUT2D eigenvalue weighted by Crippen LogP contribution is -2.50. The third kappa shape index (κ3) is 5.20. The van der Waals surface area contributed by atoms with E-state index < -0.39 is 5.97 Å². The van der Waals surface area contributed by atoms with Crippen LogP contribution in [0.3, 0.4) is 0 Å². The number of likely N-dealkylation sites (tertiary alicyclic amines) is 1. The van der Waals surface area contributed by atoms with Crippen molar-refractivity contribution in [2.75, 3.05) is 52.9 Å². The second-order valence-corrected chi connectivity index (χ2v) is 7.34. The Morgan fingerprint density at radius 1 is 1.00 bits per heavy atom. The molecule has 0 unspecified atom stereocenters. The van der Waals surface area contributed by atoms with E-state index in [1.54, 1.807) is 6.07 Å². The van der Waals surface area contributed by atoms with Gasteiger partial charge >= 0.3 is 5.97 Å². The Hall–Kier alpha value is -2.12. The number of phenols is 1. The summed E-state index contributed by atoms with van der Waals surface area (Å²) in [6, 6.07) is 5.05. The van der Waals surface area contributed by atoms with Crippen LogP contribution in [0.4, 0.5) is 0 Å². The number of nitrogens with zero attached hydrogens (tertiary/aromatic N) is 3. The predicted octanol–water partition coefficient (Wildman–Crippen LogP) is 1.31. The molecule has 148 valence electrons. The quantitative estimate of drug-likeness (QED) is 0.783. The highest BCUT2D eigenvalue weighted by Gasteiger charge is 2.23. The molecule has 1 aromatic rings. The number of esters is 1. The number of amides is 1. The largest absolute Gasteiger partial charge is 0.507 e. The monoisotopic (exact) mass is 375 g/mol. The van der Waals surface area contributed by atoms with Gasteiger partial charge in [-0.2, -0.15) is 0 Å². The number of carbonyl (C=O) groups excluding carboxylic acids is 2. The van der Waals surface area contributed by atoms with E-state index in [1.165, 1.54) is 19.6 Å². The number of hydrogen-bond acceptors (Lipinski definition) is 6. The summed E-state index contributed by atoms with van der Waals surface area (Å²) < 4.78 is 4.71. The first-order valence-electron chi connectivity index (χ1n) is 9.69. The van der Waals surface area contributed by atoms with Crippen LogP contribution >= 0.6 is 0 Å². The highest BCUT2D eigenvalue weighted by Crippen LogP contribution is 2.21. The smallest absolute Gasteiger partial charge is 0.341 e. The highest BCUT2D eigenvalue weighted by atomic mass is 16.5. The van der Waals surface area contributed by atoms with Crippen LogP contribution in [0.2, 0.25) is 0 Å². The maximum absolute atomic E-state index is 12.4. The lowest BCUT2D eigenvalue weighted by molar-refractivity contribution is -0.133. The molecule has 0 aliphatic carbocycles. The number of piperidine rings is 1. The van der Waals surface area contributed by atoms with Gasteiger partial charge in [0.1, 0.15) is 11.3 Å². The number of phenolic OH excluding ortho intramolecular Hbond substituents is 1. The number of methoxy groups -OCH3 is 1. The maximum atomic E-state index is 12.4. The van der Waals surface area contributed by atoms with Crippen LogP contribution in [0.1, 0.15) is 35.2 Å². The van der Waals surface area contributed by atoms with E-state index in [0.29, 0.717) is 13.1 Å². The lowest BCUT2D eigenvalue weighted by Gasteiger charge is -2.36. The molecule has 7 heteroatoms. The molecule has 27 heavy (non-hydrogen) atoms. The Balaban J connectivity index is 1.48. The normalized spacial score (nSPS) is 19.1. The predicted molar refractivity (Wildman–Crippen MR) is 102 cm³/mol. The van der Waals surface area contributed by atoms with Gasteiger partial charge in [-0.3, -0.25) is 14.6 Å². The number of carbonyl (C=O) groups is 2. The number of ether oxygens (including phenoxy) is 1. The first-order valence-corrected chi connectivity index (χ1v) is 9.69. The first-order chi connectivity index (χ1) is 13.1. The summed E-state index contributed by atoms with van der Waals surface area (Å²) in [5, 5.41) is 9.81. The minimum Gasteiger partial charge on any atom is -0.507 e. The van der Waals surface area contributed by atoms with E-state index in [-0.39, 0.29) is 17.2 Å². The fourth-order valence-electron chi connectivity index (χ4n) is 3.75. The van der Waals surface area contributed by atoms with E-state index >= 15 is 0 Å². The van der Waals surface area contributed by atoms with Crippen molar-refractivity contribution in [2.24, 2.45) is 0 Å². The maximum Gasteiger partial charge on any atom is 0.341 e. The molecule has 0 bridgehead atoms. The van der Waals surface area contributed by atoms with Crippen LogP contribution in [-0.4, -0.2) is 84.6 Å². The molecule has 2 aliphatic heterocycles. The molecule has 0 spiro atoms. The van der Waals surface area contributed by atoms with Gasteiger partial charge in [-0.15, -0.1) is 0 Å². The Morgan fingerprint density at radius 3 is 2.33 bits per heavy atom. The average molecular weight is 375 g/mol. The van der Waals surface area contributed by atoms with Gasteiger partial charge in [0.15, 0.2) is 0 Å². The lowest BCUT2D eigenvalue weighted by atomic mass is 10.1. The molecule has 0 radical (unpaired) electrons. The van der Waals surface area contributed by atoms with Crippen molar-refractivity contribution in [3.05, 3.63) is 29.3 Å². The molecule has 0 atom stereocenters. The molecular formula is C20H29N3O4. The summed E-state index contributed by atoms with van der Waals surface area (Å²) in [5.41, 5.74) is 1.16. The van der Waals surface area contributed by atoms with Gasteiger partial charge in [0.05, 0.1) is 13.7 Å². The van der Waals surface area contributed by atoms with Crippen LogP contribution in [0.25, 0.3) is 0 Å². The van der Waals surface area contributed by atoms with Gasteiger partial charge in [0, 0.05) is 45.8 Å². The fraction of sp³-hybridized carbons (Fsp3) is 0.600. The SMILES string of the molecule is COC(=O)c1cc(CN2CCN(CC(=O)N3CCCCC3)CC2)ccc1O. The fourth-order valence-corrected chi connectivity index (χ4v) is 3.75. The molecule has 1 amide bonds. The summed E-state index contributed by atoms with van der Waals surface area (Å²) in [4.78, 5) is 30.6. The Labute approximate surface area is 160 Å². The zero-order chi connectivity index (χ0) is 19.2. The number of hydrogen-bond donors (Lipinski definition) is 1. The molecule has 2 heterocycles. The highest BCUT2D eigenvalue weighted by molar-refractivity contribution is 5.92. The van der Waals surface area contributed by atoms with Crippen molar-refractivity contribution >= 4 is 11.9 Å².